The van der Waals surface area contributed by atoms with E-state index in [1.807, 2.05) is 6.92 Å². The largest absolute Gasteiger partial charge is 0.351 e. The van der Waals surface area contributed by atoms with Gasteiger partial charge in [0.1, 0.15) is 0 Å². The first-order valence-electron chi connectivity index (χ1n) is 5.08. The van der Waals surface area contributed by atoms with E-state index in [1.165, 1.54) is 0 Å². The molecule has 2 heterocycles. The Morgan fingerprint density at radius 3 is 2.60 bits per heavy atom. The van der Waals surface area contributed by atoms with Gasteiger partial charge in [0.15, 0.2) is 0 Å². The zero-order valence-electron chi connectivity index (χ0n) is 9.06. The monoisotopic (exact) mass is 209 g/mol. The van der Waals surface area contributed by atoms with Crippen LogP contribution < -0.4 is 0 Å². The minimum atomic E-state index is -0.0521. The topological polar surface area (TPSA) is 49.6 Å². The number of likely N-dealkylation sites (N-methyl/N-ethyl adjacent to an activating group) is 1. The van der Waals surface area contributed by atoms with Crippen LogP contribution in [0.4, 0.5) is 0 Å². The Bertz CT molecular complexity index is 353. The molecule has 5 heteroatoms. The lowest BCUT2D eigenvalue weighted by molar-refractivity contribution is 0.0623. The van der Waals surface area contributed by atoms with Crippen LogP contribution in [0.5, 0.6) is 0 Å². The van der Waals surface area contributed by atoms with E-state index in [9.17, 15) is 4.79 Å². The Morgan fingerprint density at radius 2 is 2.07 bits per heavy atom. The van der Waals surface area contributed by atoms with Gasteiger partial charge < -0.3 is 14.3 Å². The molecule has 0 saturated carbocycles. The fraction of sp³-hybridized carbons (Fsp3) is 0.600. The SMILES string of the molecule is Cc1cc(C(=O)N2CCN(C)CC2)on1. The van der Waals surface area contributed by atoms with Crippen LogP contribution in [0.3, 0.4) is 0 Å². The summed E-state index contributed by atoms with van der Waals surface area (Å²) < 4.78 is 4.95. The number of rotatable bonds is 1. The Morgan fingerprint density at radius 1 is 1.40 bits per heavy atom. The molecule has 15 heavy (non-hydrogen) atoms. The molecule has 1 amide bonds. The van der Waals surface area contributed by atoms with Gasteiger partial charge in [0.2, 0.25) is 5.76 Å². The number of carbonyl (C=O) groups is 1. The molecule has 1 aromatic rings. The van der Waals surface area contributed by atoms with E-state index in [1.54, 1.807) is 11.0 Å². The Kier molecular flexibility index (Phi) is 2.73. The molecule has 0 aliphatic carbocycles. The lowest BCUT2D eigenvalue weighted by Crippen LogP contribution is -2.47. The summed E-state index contributed by atoms with van der Waals surface area (Å²) in [5.41, 5.74) is 0.743. The standard InChI is InChI=1S/C10H15N3O2/c1-8-7-9(15-11-8)10(14)13-5-3-12(2)4-6-13/h7H,3-6H2,1-2H3. The minimum absolute atomic E-state index is 0.0521. The molecule has 5 nitrogen and oxygen atoms in total. The lowest BCUT2D eigenvalue weighted by Gasteiger charge is -2.31. The van der Waals surface area contributed by atoms with E-state index in [0.717, 1.165) is 31.9 Å². The van der Waals surface area contributed by atoms with Crippen LogP contribution in [0.25, 0.3) is 0 Å². The van der Waals surface area contributed by atoms with Crippen molar-refractivity contribution in [2.24, 2.45) is 0 Å². The van der Waals surface area contributed by atoms with Crippen LogP contribution in [0.1, 0.15) is 16.2 Å². The third kappa shape index (κ3) is 2.18. The third-order valence-electron chi connectivity index (χ3n) is 2.63. The minimum Gasteiger partial charge on any atom is -0.351 e. The Labute approximate surface area is 88.6 Å². The second-order valence-electron chi connectivity index (χ2n) is 3.93. The molecule has 82 valence electrons. The molecule has 0 N–H and O–H groups in total. The van der Waals surface area contributed by atoms with Crippen molar-refractivity contribution in [2.45, 2.75) is 6.92 Å². The summed E-state index contributed by atoms with van der Waals surface area (Å²) in [6, 6.07) is 1.68. The Balaban J connectivity index is 2.02. The van der Waals surface area contributed by atoms with Crippen molar-refractivity contribution in [2.75, 3.05) is 33.2 Å². The van der Waals surface area contributed by atoms with E-state index < -0.39 is 0 Å². The van der Waals surface area contributed by atoms with E-state index >= 15 is 0 Å². The molecule has 0 bridgehead atoms. The van der Waals surface area contributed by atoms with Gasteiger partial charge in [-0.1, -0.05) is 5.16 Å². The number of piperazine rings is 1. The van der Waals surface area contributed by atoms with Crippen molar-refractivity contribution in [3.05, 3.63) is 17.5 Å². The summed E-state index contributed by atoms with van der Waals surface area (Å²) in [7, 11) is 2.06. The predicted molar refractivity (Wildman–Crippen MR) is 54.6 cm³/mol. The number of carbonyl (C=O) groups excluding carboxylic acids is 1. The molecule has 1 fully saturated rings. The second kappa shape index (κ2) is 4.02. The first-order chi connectivity index (χ1) is 7.16. The number of aryl methyl sites for hydroxylation is 1. The number of aromatic nitrogens is 1. The average molecular weight is 209 g/mol. The number of nitrogens with zero attached hydrogens (tertiary/aromatic N) is 3. The van der Waals surface area contributed by atoms with E-state index in [0.29, 0.717) is 5.76 Å². The Hall–Kier alpha value is -1.36. The van der Waals surface area contributed by atoms with Crippen LogP contribution in [-0.4, -0.2) is 54.1 Å². The van der Waals surface area contributed by atoms with Gasteiger partial charge in [-0.15, -0.1) is 0 Å². The predicted octanol–water partition coefficient (Wildman–Crippen LogP) is 0.371. The number of hydrogen-bond acceptors (Lipinski definition) is 4. The summed E-state index contributed by atoms with van der Waals surface area (Å²) in [4.78, 5) is 15.9. The zero-order valence-corrected chi connectivity index (χ0v) is 9.06. The molecule has 0 aromatic carbocycles. The fourth-order valence-corrected chi connectivity index (χ4v) is 1.63. The molecule has 0 atom stereocenters. The molecule has 1 aromatic heterocycles. The summed E-state index contributed by atoms with van der Waals surface area (Å²) in [5.74, 6) is 0.292. The van der Waals surface area contributed by atoms with Crippen LogP contribution in [0, 0.1) is 6.92 Å². The van der Waals surface area contributed by atoms with Gasteiger partial charge >= 0.3 is 0 Å². The highest BCUT2D eigenvalue weighted by molar-refractivity contribution is 5.91. The molecule has 1 aliphatic heterocycles. The second-order valence-corrected chi connectivity index (χ2v) is 3.93. The van der Waals surface area contributed by atoms with Gasteiger partial charge in [0.05, 0.1) is 5.69 Å². The van der Waals surface area contributed by atoms with Crippen LogP contribution >= 0.6 is 0 Å². The summed E-state index contributed by atoms with van der Waals surface area (Å²) in [6.07, 6.45) is 0. The lowest BCUT2D eigenvalue weighted by atomic mass is 10.3. The molecule has 0 unspecified atom stereocenters. The highest BCUT2D eigenvalue weighted by Gasteiger charge is 2.22. The first kappa shape index (κ1) is 10.2. The maximum atomic E-state index is 11.9. The van der Waals surface area contributed by atoms with Crippen LogP contribution in [0.2, 0.25) is 0 Å². The highest BCUT2D eigenvalue weighted by Crippen LogP contribution is 2.08. The summed E-state index contributed by atoms with van der Waals surface area (Å²) in [6.45, 7) is 5.16. The van der Waals surface area contributed by atoms with Gasteiger partial charge in [-0.05, 0) is 14.0 Å². The van der Waals surface area contributed by atoms with Crippen LogP contribution in [-0.2, 0) is 0 Å². The van der Waals surface area contributed by atoms with Gasteiger partial charge in [-0.25, -0.2) is 0 Å². The molecule has 2 rings (SSSR count). The van der Waals surface area contributed by atoms with Crippen molar-refractivity contribution < 1.29 is 9.32 Å². The van der Waals surface area contributed by atoms with Gasteiger partial charge in [0.25, 0.3) is 5.91 Å². The van der Waals surface area contributed by atoms with Crippen molar-refractivity contribution in [3.63, 3.8) is 0 Å². The van der Waals surface area contributed by atoms with Crippen molar-refractivity contribution in [1.29, 1.82) is 0 Å². The summed E-state index contributed by atoms with van der Waals surface area (Å²) in [5, 5.41) is 3.71. The maximum Gasteiger partial charge on any atom is 0.292 e. The number of hydrogen-bond donors (Lipinski definition) is 0. The van der Waals surface area contributed by atoms with Crippen molar-refractivity contribution in [3.8, 4) is 0 Å². The van der Waals surface area contributed by atoms with Crippen LogP contribution in [0.15, 0.2) is 10.6 Å². The van der Waals surface area contributed by atoms with E-state index in [4.69, 9.17) is 4.52 Å². The zero-order chi connectivity index (χ0) is 10.8. The van der Waals surface area contributed by atoms with Crippen molar-refractivity contribution >= 4 is 5.91 Å². The average Bonchev–Trinajstić information content (AvgIpc) is 2.65. The smallest absolute Gasteiger partial charge is 0.292 e. The highest BCUT2D eigenvalue weighted by atomic mass is 16.5. The van der Waals surface area contributed by atoms with Gasteiger partial charge in [-0.3, -0.25) is 4.79 Å². The quantitative estimate of drug-likeness (QED) is 0.670. The molecular weight excluding hydrogens is 194 g/mol. The normalized spacial score (nSPS) is 18.1. The van der Waals surface area contributed by atoms with E-state index in [2.05, 4.69) is 17.1 Å². The molecule has 1 saturated heterocycles. The van der Waals surface area contributed by atoms with Gasteiger partial charge in [0, 0.05) is 32.2 Å². The van der Waals surface area contributed by atoms with Gasteiger partial charge in [-0.2, -0.15) is 0 Å². The third-order valence-corrected chi connectivity index (χ3v) is 2.63. The fourth-order valence-electron chi connectivity index (χ4n) is 1.63. The van der Waals surface area contributed by atoms with E-state index in [-0.39, 0.29) is 5.91 Å². The molecule has 0 spiro atoms. The molecular formula is C10H15N3O2. The molecule has 0 radical (unpaired) electrons. The summed E-state index contributed by atoms with van der Waals surface area (Å²) >= 11 is 0. The maximum absolute atomic E-state index is 11.9. The number of amides is 1. The first-order valence-corrected chi connectivity index (χ1v) is 5.08. The molecule has 1 aliphatic rings. The van der Waals surface area contributed by atoms with Crippen molar-refractivity contribution in [1.82, 2.24) is 15.0 Å².